The summed E-state index contributed by atoms with van der Waals surface area (Å²) in [7, 11) is 1.69. The molecule has 106 valence electrons. The first-order chi connectivity index (χ1) is 9.22. The molecular weight excluding hydrogens is 242 g/mol. The van der Waals surface area contributed by atoms with Crippen LogP contribution in [0.2, 0.25) is 0 Å². The van der Waals surface area contributed by atoms with Crippen molar-refractivity contribution in [3.63, 3.8) is 0 Å². The van der Waals surface area contributed by atoms with Crippen LogP contribution in [-0.4, -0.2) is 38.1 Å². The van der Waals surface area contributed by atoms with Crippen molar-refractivity contribution in [2.45, 2.75) is 30.7 Å². The fourth-order valence-electron chi connectivity index (χ4n) is 2.99. The molecule has 4 heteroatoms. The molecule has 4 nitrogen and oxygen atoms in total. The smallest absolute Gasteiger partial charge is 0.122 e. The lowest BCUT2D eigenvalue weighted by molar-refractivity contribution is 0.0407. The van der Waals surface area contributed by atoms with Crippen molar-refractivity contribution in [3.05, 3.63) is 29.8 Å². The van der Waals surface area contributed by atoms with Crippen LogP contribution in [-0.2, 0) is 10.2 Å². The highest BCUT2D eigenvalue weighted by Gasteiger charge is 2.37. The lowest BCUT2D eigenvalue weighted by atomic mass is 9.70. The van der Waals surface area contributed by atoms with Crippen LogP contribution in [0.4, 0.5) is 0 Å². The lowest BCUT2D eigenvalue weighted by Gasteiger charge is -2.40. The van der Waals surface area contributed by atoms with Crippen LogP contribution < -0.4 is 10.5 Å². The predicted octanol–water partition coefficient (Wildman–Crippen LogP) is 1.45. The van der Waals surface area contributed by atoms with E-state index in [-0.39, 0.29) is 18.1 Å². The summed E-state index contributed by atoms with van der Waals surface area (Å²) in [5, 5.41) is 9.27. The maximum atomic E-state index is 9.27. The number of aliphatic hydroxyl groups excluding tert-OH is 1. The van der Waals surface area contributed by atoms with Gasteiger partial charge >= 0.3 is 0 Å². The zero-order valence-electron chi connectivity index (χ0n) is 11.5. The Morgan fingerprint density at radius 1 is 1.37 bits per heavy atom. The van der Waals surface area contributed by atoms with Crippen LogP contribution in [0.1, 0.15) is 24.8 Å². The molecule has 1 aliphatic rings. The summed E-state index contributed by atoms with van der Waals surface area (Å²) >= 11 is 0. The molecule has 1 fully saturated rings. The second-order valence-corrected chi connectivity index (χ2v) is 5.24. The van der Waals surface area contributed by atoms with Crippen molar-refractivity contribution in [1.29, 1.82) is 0 Å². The fourth-order valence-corrected chi connectivity index (χ4v) is 2.99. The van der Waals surface area contributed by atoms with Gasteiger partial charge in [-0.3, -0.25) is 0 Å². The van der Waals surface area contributed by atoms with Crippen molar-refractivity contribution < 1.29 is 14.6 Å². The SMILES string of the molecule is COc1ccccc1C1(CC(N)CO)CCOCC1. The molecule has 2 rings (SSSR count). The molecule has 0 saturated carbocycles. The van der Waals surface area contributed by atoms with Gasteiger partial charge in [0, 0.05) is 30.2 Å². The van der Waals surface area contributed by atoms with Gasteiger partial charge in [0.15, 0.2) is 0 Å². The Morgan fingerprint density at radius 3 is 2.68 bits per heavy atom. The number of para-hydroxylation sites is 1. The number of methoxy groups -OCH3 is 1. The zero-order valence-corrected chi connectivity index (χ0v) is 11.5. The van der Waals surface area contributed by atoms with Crippen LogP contribution >= 0.6 is 0 Å². The minimum absolute atomic E-state index is 0.0117. The van der Waals surface area contributed by atoms with Gasteiger partial charge in [0.25, 0.3) is 0 Å². The van der Waals surface area contributed by atoms with Crippen molar-refractivity contribution in [3.8, 4) is 5.75 Å². The molecule has 1 saturated heterocycles. The van der Waals surface area contributed by atoms with E-state index in [2.05, 4.69) is 6.07 Å². The Kier molecular flexibility index (Phi) is 4.80. The number of ether oxygens (including phenoxy) is 2. The van der Waals surface area contributed by atoms with E-state index in [0.717, 1.165) is 38.2 Å². The van der Waals surface area contributed by atoms with Gasteiger partial charge in [-0.25, -0.2) is 0 Å². The molecule has 3 N–H and O–H groups in total. The highest BCUT2D eigenvalue weighted by atomic mass is 16.5. The summed E-state index contributed by atoms with van der Waals surface area (Å²) in [6.07, 6.45) is 2.59. The van der Waals surface area contributed by atoms with Gasteiger partial charge < -0.3 is 20.3 Å². The summed E-state index contributed by atoms with van der Waals surface area (Å²) in [6.45, 7) is 1.48. The maximum absolute atomic E-state index is 9.27. The minimum Gasteiger partial charge on any atom is -0.496 e. The molecule has 0 aliphatic carbocycles. The number of rotatable bonds is 5. The van der Waals surface area contributed by atoms with E-state index in [1.807, 2.05) is 18.2 Å². The molecule has 1 heterocycles. The Balaban J connectivity index is 2.35. The molecule has 1 unspecified atom stereocenters. The summed E-state index contributed by atoms with van der Waals surface area (Å²) in [5.41, 5.74) is 7.12. The van der Waals surface area contributed by atoms with Gasteiger partial charge in [-0.1, -0.05) is 18.2 Å². The number of nitrogens with two attached hydrogens (primary N) is 1. The summed E-state index contributed by atoms with van der Waals surface area (Å²) < 4.78 is 11.0. The second kappa shape index (κ2) is 6.37. The number of hydrogen-bond acceptors (Lipinski definition) is 4. The molecule has 0 bridgehead atoms. The molecule has 19 heavy (non-hydrogen) atoms. The molecule has 1 atom stereocenters. The third-order valence-electron chi connectivity index (χ3n) is 4.02. The topological polar surface area (TPSA) is 64.7 Å². The first-order valence-corrected chi connectivity index (χ1v) is 6.79. The third kappa shape index (κ3) is 3.08. The Hall–Kier alpha value is -1.10. The summed E-state index contributed by atoms with van der Waals surface area (Å²) in [6, 6.07) is 7.88. The van der Waals surface area contributed by atoms with Gasteiger partial charge in [0.2, 0.25) is 0 Å². The third-order valence-corrected chi connectivity index (χ3v) is 4.02. The second-order valence-electron chi connectivity index (χ2n) is 5.24. The van der Waals surface area contributed by atoms with Crippen molar-refractivity contribution in [2.75, 3.05) is 26.9 Å². The van der Waals surface area contributed by atoms with E-state index in [1.165, 1.54) is 5.56 Å². The van der Waals surface area contributed by atoms with Crippen molar-refractivity contribution in [1.82, 2.24) is 0 Å². The molecule has 1 aliphatic heterocycles. The van der Waals surface area contributed by atoms with Gasteiger partial charge in [-0.2, -0.15) is 0 Å². The van der Waals surface area contributed by atoms with E-state index in [1.54, 1.807) is 7.11 Å². The molecular formula is C15H23NO3. The monoisotopic (exact) mass is 265 g/mol. The number of benzene rings is 1. The fraction of sp³-hybridized carbons (Fsp3) is 0.600. The highest BCUT2D eigenvalue weighted by Crippen LogP contribution is 2.42. The van der Waals surface area contributed by atoms with E-state index in [4.69, 9.17) is 15.2 Å². The van der Waals surface area contributed by atoms with Crippen LogP contribution in [0.25, 0.3) is 0 Å². The minimum atomic E-state index is -0.206. The standard InChI is InChI=1S/C15H23NO3/c1-18-14-5-3-2-4-13(14)15(10-12(16)11-17)6-8-19-9-7-15/h2-5,12,17H,6-11,16H2,1H3. The van der Waals surface area contributed by atoms with Crippen LogP contribution in [0, 0.1) is 0 Å². The van der Waals surface area contributed by atoms with E-state index >= 15 is 0 Å². The first kappa shape index (κ1) is 14.3. The first-order valence-electron chi connectivity index (χ1n) is 6.79. The zero-order chi connectivity index (χ0) is 13.7. The Morgan fingerprint density at radius 2 is 2.05 bits per heavy atom. The van der Waals surface area contributed by atoms with Crippen LogP contribution in [0.5, 0.6) is 5.75 Å². The molecule has 0 amide bonds. The average Bonchev–Trinajstić information content (AvgIpc) is 2.48. The van der Waals surface area contributed by atoms with E-state index in [9.17, 15) is 5.11 Å². The Labute approximate surface area is 114 Å². The van der Waals surface area contributed by atoms with Crippen LogP contribution in [0.3, 0.4) is 0 Å². The average molecular weight is 265 g/mol. The number of hydrogen-bond donors (Lipinski definition) is 2. The van der Waals surface area contributed by atoms with E-state index < -0.39 is 0 Å². The largest absolute Gasteiger partial charge is 0.496 e. The Bertz CT molecular complexity index is 402. The van der Waals surface area contributed by atoms with Crippen molar-refractivity contribution >= 4 is 0 Å². The van der Waals surface area contributed by atoms with Gasteiger partial charge in [-0.15, -0.1) is 0 Å². The number of aliphatic hydroxyl groups is 1. The molecule has 0 spiro atoms. The van der Waals surface area contributed by atoms with Crippen LogP contribution in [0.15, 0.2) is 24.3 Å². The highest BCUT2D eigenvalue weighted by molar-refractivity contribution is 5.40. The molecule has 1 aromatic carbocycles. The van der Waals surface area contributed by atoms with Crippen molar-refractivity contribution in [2.24, 2.45) is 5.73 Å². The molecule has 1 aromatic rings. The van der Waals surface area contributed by atoms with Gasteiger partial charge in [0.05, 0.1) is 13.7 Å². The van der Waals surface area contributed by atoms with E-state index in [0.29, 0.717) is 0 Å². The summed E-state index contributed by atoms with van der Waals surface area (Å²) in [5.74, 6) is 0.898. The summed E-state index contributed by atoms with van der Waals surface area (Å²) in [4.78, 5) is 0. The lowest BCUT2D eigenvalue weighted by Crippen LogP contribution is -2.41. The maximum Gasteiger partial charge on any atom is 0.122 e. The van der Waals surface area contributed by atoms with Gasteiger partial charge in [-0.05, 0) is 25.3 Å². The quantitative estimate of drug-likeness (QED) is 0.846. The van der Waals surface area contributed by atoms with Gasteiger partial charge in [0.1, 0.15) is 5.75 Å². The molecule has 0 radical (unpaired) electrons. The predicted molar refractivity (Wildman–Crippen MR) is 74.4 cm³/mol. The normalized spacial score (nSPS) is 19.9. The molecule has 0 aromatic heterocycles.